The minimum atomic E-state index is 0.752. The molecule has 0 bridgehead atoms. The number of ether oxygens (including phenoxy) is 2. The van der Waals surface area contributed by atoms with Crippen LogP contribution in [0.25, 0.3) is 10.9 Å². The Bertz CT molecular complexity index is 862. The van der Waals surface area contributed by atoms with E-state index in [1.165, 1.54) is 11.1 Å². The lowest BCUT2D eigenvalue weighted by Gasteiger charge is -2.10. The van der Waals surface area contributed by atoms with Gasteiger partial charge in [0, 0.05) is 5.39 Å². The molecule has 4 heteroatoms. The summed E-state index contributed by atoms with van der Waals surface area (Å²) in [4.78, 5) is 4.79. The first-order valence-electron chi connectivity index (χ1n) is 8.94. The van der Waals surface area contributed by atoms with Gasteiger partial charge in [-0.3, -0.25) is 0 Å². The van der Waals surface area contributed by atoms with Crippen molar-refractivity contribution < 1.29 is 9.47 Å². The number of aryl methyl sites for hydroxylation is 2. The molecule has 3 nitrogen and oxygen atoms in total. The SMILES string of the molecule is COc1cccc2c(C)cc(SCCCCOc3ccc(C)cc3)nc12. The van der Waals surface area contributed by atoms with Gasteiger partial charge in [0.25, 0.3) is 0 Å². The highest BCUT2D eigenvalue weighted by Crippen LogP contribution is 2.29. The van der Waals surface area contributed by atoms with Crippen molar-refractivity contribution in [1.29, 1.82) is 0 Å². The average Bonchev–Trinajstić information content (AvgIpc) is 2.65. The number of fused-ring (bicyclic) bond motifs is 1. The van der Waals surface area contributed by atoms with Crippen LogP contribution in [0, 0.1) is 13.8 Å². The van der Waals surface area contributed by atoms with Gasteiger partial charge in [-0.1, -0.05) is 29.8 Å². The van der Waals surface area contributed by atoms with Crippen molar-refractivity contribution in [3.63, 3.8) is 0 Å². The minimum Gasteiger partial charge on any atom is -0.494 e. The van der Waals surface area contributed by atoms with Gasteiger partial charge in [-0.15, -0.1) is 11.8 Å². The van der Waals surface area contributed by atoms with Crippen molar-refractivity contribution in [2.75, 3.05) is 19.5 Å². The molecule has 0 aliphatic heterocycles. The van der Waals surface area contributed by atoms with Crippen LogP contribution in [0.2, 0.25) is 0 Å². The molecule has 0 N–H and O–H groups in total. The topological polar surface area (TPSA) is 31.4 Å². The highest BCUT2D eigenvalue weighted by molar-refractivity contribution is 7.99. The molecule has 3 aromatic rings. The number of nitrogens with zero attached hydrogens (tertiary/aromatic N) is 1. The Balaban J connectivity index is 1.49. The number of aromatic nitrogens is 1. The van der Waals surface area contributed by atoms with E-state index >= 15 is 0 Å². The van der Waals surface area contributed by atoms with Gasteiger partial charge >= 0.3 is 0 Å². The third kappa shape index (κ3) is 4.70. The fourth-order valence-electron chi connectivity index (χ4n) is 2.81. The van der Waals surface area contributed by atoms with Gasteiger partial charge in [0.2, 0.25) is 0 Å². The summed E-state index contributed by atoms with van der Waals surface area (Å²) in [5, 5.41) is 2.21. The molecule has 2 aromatic carbocycles. The van der Waals surface area contributed by atoms with E-state index in [2.05, 4.69) is 38.1 Å². The largest absolute Gasteiger partial charge is 0.494 e. The average molecular weight is 368 g/mol. The molecule has 0 fully saturated rings. The minimum absolute atomic E-state index is 0.752. The number of hydrogen-bond donors (Lipinski definition) is 0. The molecule has 3 rings (SSSR count). The third-order valence-electron chi connectivity index (χ3n) is 4.28. The quantitative estimate of drug-likeness (QED) is 0.371. The van der Waals surface area contributed by atoms with Crippen LogP contribution in [-0.2, 0) is 0 Å². The Morgan fingerprint density at radius 2 is 1.81 bits per heavy atom. The number of pyridine rings is 1. The summed E-state index contributed by atoms with van der Waals surface area (Å²) in [5.74, 6) is 2.81. The second kappa shape index (κ2) is 8.95. The van der Waals surface area contributed by atoms with Crippen LogP contribution in [-0.4, -0.2) is 24.5 Å². The summed E-state index contributed by atoms with van der Waals surface area (Å²) in [7, 11) is 1.69. The second-order valence-corrected chi connectivity index (χ2v) is 7.47. The molecule has 1 heterocycles. The summed E-state index contributed by atoms with van der Waals surface area (Å²) in [6.07, 6.45) is 2.14. The van der Waals surface area contributed by atoms with Crippen molar-refractivity contribution in [3.8, 4) is 11.5 Å². The van der Waals surface area contributed by atoms with Crippen molar-refractivity contribution in [2.24, 2.45) is 0 Å². The first-order chi connectivity index (χ1) is 12.7. The summed E-state index contributed by atoms with van der Waals surface area (Å²) in [6, 6.07) is 16.4. The molecule has 0 saturated carbocycles. The molecule has 0 saturated heterocycles. The fourth-order valence-corrected chi connectivity index (χ4v) is 3.78. The van der Waals surface area contributed by atoms with Crippen LogP contribution >= 0.6 is 11.8 Å². The lowest BCUT2D eigenvalue weighted by Crippen LogP contribution is -1.98. The van der Waals surface area contributed by atoms with E-state index in [-0.39, 0.29) is 0 Å². The second-order valence-electron chi connectivity index (χ2n) is 6.35. The Hall–Kier alpha value is -2.20. The Labute approximate surface area is 159 Å². The summed E-state index contributed by atoms with van der Waals surface area (Å²) >= 11 is 1.79. The number of benzene rings is 2. The maximum Gasteiger partial charge on any atom is 0.145 e. The van der Waals surface area contributed by atoms with Gasteiger partial charge in [-0.05, 0) is 62.3 Å². The molecule has 0 spiro atoms. The molecule has 0 amide bonds. The zero-order valence-corrected chi connectivity index (χ0v) is 16.4. The molecule has 0 aliphatic rings. The van der Waals surface area contributed by atoms with Crippen LogP contribution < -0.4 is 9.47 Å². The van der Waals surface area contributed by atoms with Crippen LogP contribution in [0.1, 0.15) is 24.0 Å². The molecule has 0 aliphatic carbocycles. The van der Waals surface area contributed by atoms with Gasteiger partial charge < -0.3 is 9.47 Å². The maximum atomic E-state index is 5.78. The monoisotopic (exact) mass is 367 g/mol. The number of thioether (sulfide) groups is 1. The van der Waals surface area contributed by atoms with Crippen molar-refractivity contribution in [3.05, 3.63) is 59.7 Å². The first-order valence-corrected chi connectivity index (χ1v) is 9.92. The molecular formula is C22H25NO2S. The molecule has 0 radical (unpaired) electrons. The third-order valence-corrected chi connectivity index (χ3v) is 5.28. The van der Waals surface area contributed by atoms with E-state index < -0.39 is 0 Å². The Morgan fingerprint density at radius 3 is 2.58 bits per heavy atom. The first kappa shape index (κ1) is 18.6. The van der Waals surface area contributed by atoms with Gasteiger partial charge in [0.05, 0.1) is 18.7 Å². The lowest BCUT2D eigenvalue weighted by atomic mass is 10.1. The Morgan fingerprint density at radius 1 is 1.00 bits per heavy atom. The number of unbranched alkanes of at least 4 members (excludes halogenated alkanes) is 1. The lowest BCUT2D eigenvalue weighted by molar-refractivity contribution is 0.310. The summed E-state index contributed by atoms with van der Waals surface area (Å²) in [6.45, 7) is 4.96. The van der Waals surface area contributed by atoms with Gasteiger partial charge in [-0.2, -0.15) is 0 Å². The molecule has 26 heavy (non-hydrogen) atoms. The van der Waals surface area contributed by atoms with E-state index in [9.17, 15) is 0 Å². The maximum absolute atomic E-state index is 5.78. The van der Waals surface area contributed by atoms with E-state index in [4.69, 9.17) is 14.5 Å². The highest BCUT2D eigenvalue weighted by Gasteiger charge is 2.08. The highest BCUT2D eigenvalue weighted by atomic mass is 32.2. The molecular weight excluding hydrogens is 342 g/mol. The molecule has 136 valence electrons. The van der Waals surface area contributed by atoms with E-state index in [1.807, 2.05) is 24.3 Å². The van der Waals surface area contributed by atoms with Crippen molar-refractivity contribution in [1.82, 2.24) is 4.98 Å². The van der Waals surface area contributed by atoms with E-state index in [0.29, 0.717) is 0 Å². The molecule has 0 atom stereocenters. The molecule has 0 unspecified atom stereocenters. The predicted molar refractivity (Wildman–Crippen MR) is 110 cm³/mol. The summed E-state index contributed by atoms with van der Waals surface area (Å²) < 4.78 is 11.2. The standard InChI is InChI=1S/C22H25NO2S/c1-16-9-11-18(12-10-16)25-13-4-5-14-26-21-15-17(2)19-7-6-8-20(24-3)22(19)23-21/h6-12,15H,4-5,13-14H2,1-3H3. The van der Waals surface area contributed by atoms with E-state index in [1.54, 1.807) is 18.9 Å². The smallest absolute Gasteiger partial charge is 0.145 e. The van der Waals surface area contributed by atoms with Gasteiger partial charge in [0.1, 0.15) is 17.0 Å². The van der Waals surface area contributed by atoms with Crippen LogP contribution in [0.15, 0.2) is 53.6 Å². The normalized spacial score (nSPS) is 10.9. The summed E-state index contributed by atoms with van der Waals surface area (Å²) in [5.41, 5.74) is 3.43. The van der Waals surface area contributed by atoms with Crippen molar-refractivity contribution in [2.45, 2.75) is 31.7 Å². The Kier molecular flexibility index (Phi) is 6.40. The fraction of sp³-hybridized carbons (Fsp3) is 0.318. The predicted octanol–water partition coefficient (Wildman–Crippen LogP) is 5.81. The van der Waals surface area contributed by atoms with Gasteiger partial charge in [0.15, 0.2) is 0 Å². The number of para-hydroxylation sites is 1. The van der Waals surface area contributed by atoms with Crippen LogP contribution in [0.5, 0.6) is 11.5 Å². The van der Waals surface area contributed by atoms with Crippen LogP contribution in [0.4, 0.5) is 0 Å². The number of hydrogen-bond acceptors (Lipinski definition) is 4. The molecule has 1 aromatic heterocycles. The van der Waals surface area contributed by atoms with Crippen molar-refractivity contribution >= 4 is 22.7 Å². The van der Waals surface area contributed by atoms with Gasteiger partial charge in [-0.25, -0.2) is 4.98 Å². The number of methoxy groups -OCH3 is 1. The van der Waals surface area contributed by atoms with Crippen LogP contribution in [0.3, 0.4) is 0 Å². The van der Waals surface area contributed by atoms with E-state index in [0.717, 1.165) is 52.6 Å². The number of rotatable bonds is 8. The zero-order valence-electron chi connectivity index (χ0n) is 15.6. The zero-order chi connectivity index (χ0) is 18.4.